The smallest absolute Gasteiger partial charge is 0.267 e. The number of benzene rings is 1. The summed E-state index contributed by atoms with van der Waals surface area (Å²) in [5, 5.41) is 2.00. The lowest BCUT2D eigenvalue weighted by Crippen LogP contribution is -2.26. The average molecular weight is 460 g/mol. The summed E-state index contributed by atoms with van der Waals surface area (Å²) in [6.07, 6.45) is 5.74. The number of carbonyl (C=O) groups excluding carboxylic acids is 1. The van der Waals surface area contributed by atoms with E-state index < -0.39 is 0 Å². The molecule has 1 fully saturated rings. The number of thioether (sulfide) groups is 1. The van der Waals surface area contributed by atoms with E-state index in [1.54, 1.807) is 15.9 Å². The van der Waals surface area contributed by atoms with E-state index in [0.29, 0.717) is 22.5 Å². The number of aromatic nitrogens is 2. The van der Waals surface area contributed by atoms with Crippen LogP contribution in [0.2, 0.25) is 5.02 Å². The number of aryl methyl sites for hydroxylation is 3. The molecule has 3 heterocycles. The van der Waals surface area contributed by atoms with Crippen molar-refractivity contribution >= 4 is 50.8 Å². The predicted octanol–water partition coefficient (Wildman–Crippen LogP) is 4.96. The van der Waals surface area contributed by atoms with Gasteiger partial charge in [-0.05, 0) is 62.3 Å². The third-order valence-corrected chi connectivity index (χ3v) is 8.46. The first-order valence-corrected chi connectivity index (χ1v) is 12.5. The first-order chi connectivity index (χ1) is 14.5. The van der Waals surface area contributed by atoms with Gasteiger partial charge in [-0.2, -0.15) is 0 Å². The zero-order valence-electron chi connectivity index (χ0n) is 16.7. The molecule has 30 heavy (non-hydrogen) atoms. The molecule has 2 aliphatic rings. The summed E-state index contributed by atoms with van der Waals surface area (Å²) in [4.78, 5) is 34.7. The number of thiophene rings is 1. The lowest BCUT2D eigenvalue weighted by atomic mass is 9.97. The highest BCUT2D eigenvalue weighted by atomic mass is 35.5. The van der Waals surface area contributed by atoms with Gasteiger partial charge in [0.05, 0.1) is 17.0 Å². The average Bonchev–Trinajstić information content (AvgIpc) is 3.31. The van der Waals surface area contributed by atoms with Crippen molar-refractivity contribution in [2.24, 2.45) is 0 Å². The fourth-order valence-electron chi connectivity index (χ4n) is 4.21. The van der Waals surface area contributed by atoms with E-state index in [0.717, 1.165) is 53.7 Å². The van der Waals surface area contributed by atoms with Crippen LogP contribution in [0.4, 0.5) is 0 Å². The Labute approximate surface area is 188 Å². The maximum Gasteiger partial charge on any atom is 0.267 e. The number of hydrogen-bond donors (Lipinski definition) is 0. The molecule has 0 N–H and O–H groups in total. The van der Waals surface area contributed by atoms with E-state index in [2.05, 4.69) is 0 Å². The fraction of sp³-hybridized carbons (Fsp3) is 0.409. The van der Waals surface area contributed by atoms with E-state index in [9.17, 15) is 9.59 Å². The van der Waals surface area contributed by atoms with Gasteiger partial charge in [-0.25, -0.2) is 4.98 Å². The summed E-state index contributed by atoms with van der Waals surface area (Å²) in [6, 6.07) is 5.67. The van der Waals surface area contributed by atoms with E-state index in [-0.39, 0.29) is 11.5 Å². The zero-order chi connectivity index (χ0) is 20.8. The van der Waals surface area contributed by atoms with Crippen molar-refractivity contribution in [3.05, 3.63) is 49.6 Å². The van der Waals surface area contributed by atoms with Gasteiger partial charge in [0.25, 0.3) is 5.56 Å². The summed E-state index contributed by atoms with van der Waals surface area (Å²) in [6.45, 7) is 2.71. The molecule has 0 saturated carbocycles. The first kappa shape index (κ1) is 20.1. The summed E-state index contributed by atoms with van der Waals surface area (Å²) in [5.41, 5.74) is 2.83. The minimum Gasteiger partial charge on any atom is -0.333 e. The van der Waals surface area contributed by atoms with E-state index >= 15 is 0 Å². The molecule has 8 heteroatoms. The molecule has 0 bridgehead atoms. The van der Waals surface area contributed by atoms with Crippen molar-refractivity contribution in [1.29, 1.82) is 0 Å². The van der Waals surface area contributed by atoms with Crippen molar-refractivity contribution in [2.75, 3.05) is 12.4 Å². The Bertz CT molecular complexity index is 1220. The summed E-state index contributed by atoms with van der Waals surface area (Å²) in [5.74, 6) is 0.670. The van der Waals surface area contributed by atoms with Gasteiger partial charge in [0.2, 0.25) is 5.91 Å². The Morgan fingerprint density at radius 2 is 2.00 bits per heavy atom. The molecule has 1 saturated heterocycles. The molecule has 5 nitrogen and oxygen atoms in total. The second-order valence-corrected chi connectivity index (χ2v) is 10.3. The Kier molecular flexibility index (Phi) is 5.37. The van der Waals surface area contributed by atoms with Gasteiger partial charge in [0, 0.05) is 22.9 Å². The summed E-state index contributed by atoms with van der Waals surface area (Å²) < 4.78 is 1.68. The van der Waals surface area contributed by atoms with Crippen LogP contribution in [0.15, 0.2) is 28.2 Å². The van der Waals surface area contributed by atoms with Gasteiger partial charge in [0.1, 0.15) is 4.83 Å². The molecule has 3 aromatic rings. The number of carbonyl (C=O) groups is 1. The molecular weight excluding hydrogens is 438 g/mol. The van der Waals surface area contributed by atoms with Crippen LogP contribution < -0.4 is 5.56 Å². The van der Waals surface area contributed by atoms with Crippen LogP contribution >= 0.6 is 34.7 Å². The summed E-state index contributed by atoms with van der Waals surface area (Å²) in [7, 11) is 0. The quantitative estimate of drug-likeness (QED) is 0.408. The molecule has 2 aromatic heterocycles. The molecule has 1 amide bonds. The second kappa shape index (κ2) is 8.02. The molecule has 0 spiro atoms. The second-order valence-electron chi connectivity index (χ2n) is 7.89. The molecule has 1 aliphatic heterocycles. The third kappa shape index (κ3) is 3.47. The fourth-order valence-corrected chi connectivity index (χ4v) is 6.71. The van der Waals surface area contributed by atoms with Crippen LogP contribution in [0, 0.1) is 6.92 Å². The minimum absolute atomic E-state index is 0.0328. The van der Waals surface area contributed by atoms with Crippen LogP contribution in [0.1, 0.15) is 41.7 Å². The van der Waals surface area contributed by atoms with Crippen molar-refractivity contribution in [2.45, 2.75) is 50.6 Å². The predicted molar refractivity (Wildman–Crippen MR) is 123 cm³/mol. The monoisotopic (exact) mass is 459 g/mol. The number of fused-ring (bicyclic) bond motifs is 3. The number of nitrogens with zero attached hydrogens (tertiary/aromatic N) is 3. The highest BCUT2D eigenvalue weighted by Crippen LogP contribution is 2.35. The van der Waals surface area contributed by atoms with E-state index in [1.165, 1.54) is 28.6 Å². The number of hydrogen-bond acceptors (Lipinski definition) is 5. The van der Waals surface area contributed by atoms with Gasteiger partial charge in [-0.15, -0.1) is 11.3 Å². The van der Waals surface area contributed by atoms with Gasteiger partial charge in [-0.3, -0.25) is 14.2 Å². The summed E-state index contributed by atoms with van der Waals surface area (Å²) >= 11 is 9.49. The van der Waals surface area contributed by atoms with Crippen LogP contribution in [0.5, 0.6) is 0 Å². The SMILES string of the molecule is Cc1ccc(-n2c(SCN3CCCC3=O)nc3sc4c(c3c2=O)CCCC4)cc1Cl. The van der Waals surface area contributed by atoms with Crippen LogP contribution in [0.3, 0.4) is 0 Å². The van der Waals surface area contributed by atoms with E-state index in [1.807, 2.05) is 30.0 Å². The standard InChI is InChI=1S/C22H22ClN3O2S2/c1-13-8-9-14(11-16(13)23)26-21(28)19-15-5-2-3-6-17(15)30-20(19)24-22(26)29-12-25-10-4-7-18(25)27/h8-9,11H,2-7,10,12H2,1H3. The number of rotatable bonds is 4. The van der Waals surface area contributed by atoms with Crippen LogP contribution in [0.25, 0.3) is 15.9 Å². The molecule has 5 rings (SSSR count). The van der Waals surface area contributed by atoms with Crippen molar-refractivity contribution in [1.82, 2.24) is 14.5 Å². The molecule has 0 unspecified atom stereocenters. The Morgan fingerprint density at radius 1 is 1.17 bits per heavy atom. The van der Waals surface area contributed by atoms with Crippen LogP contribution in [-0.2, 0) is 17.6 Å². The van der Waals surface area contributed by atoms with Crippen molar-refractivity contribution < 1.29 is 4.79 Å². The highest BCUT2D eigenvalue weighted by Gasteiger charge is 2.25. The topological polar surface area (TPSA) is 55.2 Å². The van der Waals surface area contributed by atoms with E-state index in [4.69, 9.17) is 16.6 Å². The Morgan fingerprint density at radius 3 is 2.77 bits per heavy atom. The molecule has 1 aliphatic carbocycles. The molecule has 1 aromatic carbocycles. The lowest BCUT2D eigenvalue weighted by Gasteiger charge is -2.17. The molecule has 0 atom stereocenters. The van der Waals surface area contributed by atoms with Crippen LogP contribution in [-0.4, -0.2) is 32.8 Å². The van der Waals surface area contributed by atoms with Gasteiger partial charge >= 0.3 is 0 Å². The number of halogens is 1. The Balaban J connectivity index is 1.67. The molecular formula is C22H22ClN3O2S2. The number of amides is 1. The first-order valence-electron chi connectivity index (χ1n) is 10.3. The minimum atomic E-state index is -0.0328. The highest BCUT2D eigenvalue weighted by molar-refractivity contribution is 7.99. The van der Waals surface area contributed by atoms with Gasteiger partial charge < -0.3 is 4.90 Å². The van der Waals surface area contributed by atoms with Gasteiger partial charge in [-0.1, -0.05) is 29.4 Å². The third-order valence-electron chi connectivity index (χ3n) is 5.89. The number of likely N-dealkylation sites (tertiary alicyclic amines) is 1. The van der Waals surface area contributed by atoms with Gasteiger partial charge in [0.15, 0.2) is 5.16 Å². The maximum absolute atomic E-state index is 13.7. The Hall–Kier alpha value is -1.83. The molecule has 156 valence electrons. The lowest BCUT2D eigenvalue weighted by molar-refractivity contribution is -0.126. The largest absolute Gasteiger partial charge is 0.333 e. The van der Waals surface area contributed by atoms with Crippen molar-refractivity contribution in [3.63, 3.8) is 0 Å². The maximum atomic E-state index is 13.7. The van der Waals surface area contributed by atoms with Crippen molar-refractivity contribution in [3.8, 4) is 5.69 Å². The zero-order valence-corrected chi connectivity index (χ0v) is 19.1. The normalized spacial score (nSPS) is 16.5. The molecule has 0 radical (unpaired) electrons.